The molecule has 34 heavy (non-hydrogen) atoms. The van der Waals surface area contributed by atoms with E-state index in [0.717, 1.165) is 38.1 Å². The normalized spacial score (nSPS) is 11.7. The first-order valence-electron chi connectivity index (χ1n) is 10.9. The van der Waals surface area contributed by atoms with Crippen LogP contribution >= 0.6 is 11.8 Å². The van der Waals surface area contributed by atoms with Crippen molar-refractivity contribution in [3.8, 4) is 22.6 Å². The summed E-state index contributed by atoms with van der Waals surface area (Å²) in [6, 6.07) is 24.7. The molecule has 6 heteroatoms. The summed E-state index contributed by atoms with van der Waals surface area (Å²) in [6.45, 7) is 0.436. The minimum Gasteiger partial charge on any atom is -0.497 e. The number of carbonyl (C=O) groups is 2. The second-order valence-electron chi connectivity index (χ2n) is 7.75. The van der Waals surface area contributed by atoms with Gasteiger partial charge in [0.15, 0.2) is 5.78 Å². The molecule has 0 saturated heterocycles. The van der Waals surface area contributed by atoms with Gasteiger partial charge in [-0.05, 0) is 46.8 Å². The maximum atomic E-state index is 13.1. The Bertz CT molecular complexity index is 1380. The largest absolute Gasteiger partial charge is 0.497 e. The topological polar surface area (TPSA) is 61.8 Å². The molecule has 0 atom stereocenters. The number of benzene rings is 4. The lowest BCUT2D eigenvalue weighted by Gasteiger charge is -2.21. The van der Waals surface area contributed by atoms with Gasteiger partial charge in [0.05, 0.1) is 12.9 Å². The number of thioether (sulfide) groups is 1. The number of esters is 1. The molecule has 0 unspecified atom stereocenters. The summed E-state index contributed by atoms with van der Waals surface area (Å²) in [7, 11) is 1.61. The van der Waals surface area contributed by atoms with E-state index in [9.17, 15) is 9.59 Å². The maximum absolute atomic E-state index is 13.1. The number of ether oxygens (including phenoxy) is 3. The first kappa shape index (κ1) is 22.0. The number of methoxy groups -OCH3 is 1. The second-order valence-corrected chi connectivity index (χ2v) is 8.76. The Morgan fingerprint density at radius 2 is 1.50 bits per heavy atom. The van der Waals surface area contributed by atoms with Crippen molar-refractivity contribution in [2.24, 2.45) is 0 Å². The Morgan fingerprint density at radius 1 is 0.765 bits per heavy atom. The molecular weight excluding hydrogens is 448 g/mol. The van der Waals surface area contributed by atoms with Crippen LogP contribution in [0.1, 0.15) is 15.9 Å². The predicted molar refractivity (Wildman–Crippen MR) is 133 cm³/mol. The van der Waals surface area contributed by atoms with Crippen molar-refractivity contribution in [2.45, 2.75) is 4.90 Å². The van der Waals surface area contributed by atoms with E-state index in [1.807, 2.05) is 66.7 Å². The lowest BCUT2D eigenvalue weighted by molar-refractivity contribution is -0.141. The van der Waals surface area contributed by atoms with Crippen LogP contribution < -0.4 is 9.47 Å². The third kappa shape index (κ3) is 4.24. The number of hydrogen-bond donors (Lipinski definition) is 0. The van der Waals surface area contributed by atoms with Gasteiger partial charge < -0.3 is 14.2 Å². The molecule has 0 aromatic heterocycles. The molecule has 0 spiro atoms. The highest BCUT2D eigenvalue weighted by atomic mass is 32.2. The van der Waals surface area contributed by atoms with E-state index in [2.05, 4.69) is 0 Å². The molecule has 1 aliphatic carbocycles. The minimum absolute atomic E-state index is 0.0344. The number of rotatable bonds is 8. The zero-order chi connectivity index (χ0) is 23.5. The Morgan fingerprint density at radius 3 is 2.29 bits per heavy atom. The summed E-state index contributed by atoms with van der Waals surface area (Å²) < 4.78 is 16.0. The smallest absolute Gasteiger partial charge is 0.316 e. The first-order chi connectivity index (χ1) is 16.7. The van der Waals surface area contributed by atoms with Crippen LogP contribution in [0, 0.1) is 0 Å². The van der Waals surface area contributed by atoms with Gasteiger partial charge in [-0.2, -0.15) is 0 Å². The average molecular weight is 471 g/mol. The SMILES string of the molecule is COc1ccc(OCCOC(=O)CSc2ccc3c4c(cccc24)C(=O)c2ccccc2-3)cc1. The van der Waals surface area contributed by atoms with Gasteiger partial charge in [0.25, 0.3) is 0 Å². The molecule has 5 nitrogen and oxygen atoms in total. The Balaban J connectivity index is 1.23. The molecule has 0 radical (unpaired) electrons. The quantitative estimate of drug-likeness (QED) is 0.163. The maximum Gasteiger partial charge on any atom is 0.316 e. The van der Waals surface area contributed by atoms with Gasteiger partial charge in [0.1, 0.15) is 24.7 Å². The molecule has 0 aliphatic heterocycles. The van der Waals surface area contributed by atoms with Crippen LogP contribution in [-0.4, -0.2) is 37.8 Å². The van der Waals surface area contributed by atoms with Crippen LogP contribution in [0.2, 0.25) is 0 Å². The Hall–Kier alpha value is -3.77. The molecule has 0 N–H and O–H groups in total. The zero-order valence-electron chi connectivity index (χ0n) is 18.6. The molecule has 4 aromatic carbocycles. The lowest BCUT2D eigenvalue weighted by Crippen LogP contribution is -2.14. The first-order valence-corrected chi connectivity index (χ1v) is 11.9. The van der Waals surface area contributed by atoms with Crippen molar-refractivity contribution in [2.75, 3.05) is 26.1 Å². The third-order valence-electron chi connectivity index (χ3n) is 5.73. The molecule has 1 aliphatic rings. The molecule has 0 heterocycles. The monoisotopic (exact) mass is 470 g/mol. The number of carbonyl (C=O) groups excluding carboxylic acids is 2. The standard InChI is InChI=1S/C28H22O5S/c1-31-18-9-11-19(12-10-18)32-15-16-33-26(29)17-34-25-14-13-21-20-5-2-3-6-22(20)28(30)24-8-4-7-23(25)27(21)24/h2-14H,15-17H2,1H3. The van der Waals surface area contributed by atoms with Crippen molar-refractivity contribution in [3.05, 3.63) is 90.0 Å². The van der Waals surface area contributed by atoms with Crippen molar-refractivity contribution < 1.29 is 23.8 Å². The van der Waals surface area contributed by atoms with Gasteiger partial charge >= 0.3 is 5.97 Å². The summed E-state index contributed by atoms with van der Waals surface area (Å²) in [4.78, 5) is 26.3. The van der Waals surface area contributed by atoms with Gasteiger partial charge in [-0.1, -0.05) is 48.5 Å². The highest BCUT2D eigenvalue weighted by molar-refractivity contribution is 8.00. The summed E-state index contributed by atoms with van der Waals surface area (Å²) >= 11 is 1.41. The lowest BCUT2D eigenvalue weighted by atomic mass is 9.83. The van der Waals surface area contributed by atoms with E-state index >= 15 is 0 Å². The molecular formula is C28H22O5S. The van der Waals surface area contributed by atoms with E-state index in [0.29, 0.717) is 11.3 Å². The van der Waals surface area contributed by atoms with Gasteiger partial charge in [-0.3, -0.25) is 9.59 Å². The fourth-order valence-corrected chi connectivity index (χ4v) is 4.99. The van der Waals surface area contributed by atoms with Crippen LogP contribution in [0.5, 0.6) is 11.5 Å². The van der Waals surface area contributed by atoms with Crippen LogP contribution in [0.3, 0.4) is 0 Å². The number of fused-ring (bicyclic) bond motifs is 2. The number of hydrogen-bond acceptors (Lipinski definition) is 6. The minimum atomic E-state index is -0.315. The van der Waals surface area contributed by atoms with Crippen molar-refractivity contribution in [1.29, 1.82) is 0 Å². The summed E-state index contributed by atoms with van der Waals surface area (Å²) in [6.07, 6.45) is 0. The average Bonchev–Trinajstić information content (AvgIpc) is 2.89. The zero-order valence-corrected chi connectivity index (χ0v) is 19.4. The molecule has 0 fully saturated rings. The second kappa shape index (κ2) is 9.61. The van der Waals surface area contributed by atoms with Gasteiger partial charge in [-0.25, -0.2) is 0 Å². The molecule has 4 aromatic rings. The molecule has 0 bridgehead atoms. The van der Waals surface area contributed by atoms with Gasteiger partial charge in [0, 0.05) is 21.4 Å². The summed E-state index contributed by atoms with van der Waals surface area (Å²) in [5.74, 6) is 1.33. The van der Waals surface area contributed by atoms with Crippen LogP contribution in [0.4, 0.5) is 0 Å². The third-order valence-corrected chi connectivity index (χ3v) is 6.77. The molecule has 0 saturated carbocycles. The summed E-state index contributed by atoms with van der Waals surface area (Å²) in [5.41, 5.74) is 3.42. The Kier molecular flexibility index (Phi) is 6.23. The number of ketones is 1. The molecule has 170 valence electrons. The van der Waals surface area contributed by atoms with Crippen LogP contribution in [0.15, 0.2) is 83.8 Å². The fraction of sp³-hybridized carbons (Fsp3) is 0.143. The van der Waals surface area contributed by atoms with E-state index in [1.54, 1.807) is 19.2 Å². The van der Waals surface area contributed by atoms with Crippen molar-refractivity contribution in [1.82, 2.24) is 0 Å². The summed E-state index contributed by atoms with van der Waals surface area (Å²) in [5, 5.41) is 1.91. The highest BCUT2D eigenvalue weighted by Crippen LogP contribution is 2.42. The molecule has 0 amide bonds. The van der Waals surface area contributed by atoms with Crippen molar-refractivity contribution >= 4 is 34.3 Å². The highest BCUT2D eigenvalue weighted by Gasteiger charge is 2.25. The molecule has 5 rings (SSSR count). The van der Waals surface area contributed by atoms with E-state index in [4.69, 9.17) is 14.2 Å². The van der Waals surface area contributed by atoms with Crippen LogP contribution in [0.25, 0.3) is 21.9 Å². The Labute approximate surface area is 201 Å². The van der Waals surface area contributed by atoms with E-state index in [1.165, 1.54) is 11.8 Å². The fourth-order valence-electron chi connectivity index (χ4n) is 4.15. The van der Waals surface area contributed by atoms with Crippen LogP contribution in [-0.2, 0) is 9.53 Å². The van der Waals surface area contributed by atoms with E-state index in [-0.39, 0.29) is 30.7 Å². The van der Waals surface area contributed by atoms with Gasteiger partial charge in [0.2, 0.25) is 0 Å². The van der Waals surface area contributed by atoms with Gasteiger partial charge in [-0.15, -0.1) is 11.8 Å². The van der Waals surface area contributed by atoms with Crippen molar-refractivity contribution in [3.63, 3.8) is 0 Å². The van der Waals surface area contributed by atoms with E-state index < -0.39 is 0 Å². The predicted octanol–water partition coefficient (Wildman–Crippen LogP) is 5.77.